The van der Waals surface area contributed by atoms with Crippen LogP contribution in [0.1, 0.15) is 25.8 Å². The minimum atomic E-state index is -0.563. The summed E-state index contributed by atoms with van der Waals surface area (Å²) in [4.78, 5) is 29.1. The van der Waals surface area contributed by atoms with E-state index in [-0.39, 0.29) is 22.4 Å². The number of para-hydroxylation sites is 1. The second-order valence-corrected chi connectivity index (χ2v) is 7.67. The van der Waals surface area contributed by atoms with Gasteiger partial charge in [0.25, 0.3) is 5.91 Å². The second-order valence-electron chi connectivity index (χ2n) is 6.63. The number of carbonyl (C=O) groups excluding carboxylic acids is 1. The molecule has 1 aromatic heterocycles. The van der Waals surface area contributed by atoms with E-state index in [1.165, 1.54) is 29.1 Å². The van der Waals surface area contributed by atoms with E-state index >= 15 is 0 Å². The molecule has 1 amide bonds. The lowest BCUT2D eigenvalue weighted by Crippen LogP contribution is -2.35. The van der Waals surface area contributed by atoms with Crippen molar-refractivity contribution >= 4 is 50.8 Å². The lowest BCUT2D eigenvalue weighted by Gasteiger charge is -2.20. The third kappa shape index (κ3) is 3.12. The Morgan fingerprint density at radius 1 is 1.30 bits per heavy atom. The Kier molecular flexibility index (Phi) is 4.27. The van der Waals surface area contributed by atoms with Crippen LogP contribution in [0.2, 0.25) is 0 Å². The van der Waals surface area contributed by atoms with Crippen LogP contribution in [-0.2, 0) is 4.79 Å². The molecule has 8 heteroatoms. The lowest BCUT2D eigenvalue weighted by atomic mass is 10.1. The second kappa shape index (κ2) is 6.62. The zero-order chi connectivity index (χ0) is 19.1. The molecule has 7 nitrogen and oxygen atoms in total. The topological polar surface area (TPSA) is 99.1 Å². The predicted octanol–water partition coefficient (Wildman–Crippen LogP) is 3.46. The maximum atomic E-state index is 12.6. The first-order valence-corrected chi connectivity index (χ1v) is 9.25. The number of thioether (sulfide) groups is 1. The minimum absolute atomic E-state index is 0.0106. The number of aliphatic imine (C=N–C) groups is 1. The van der Waals surface area contributed by atoms with Crippen LogP contribution < -0.4 is 5.43 Å². The van der Waals surface area contributed by atoms with E-state index in [2.05, 4.69) is 23.9 Å². The number of hydrogen-bond donors (Lipinski definition) is 1. The lowest BCUT2D eigenvalue weighted by molar-refractivity contribution is -0.114. The molecule has 2 aliphatic heterocycles. The van der Waals surface area contributed by atoms with Crippen LogP contribution >= 0.6 is 11.8 Å². The molecule has 27 heavy (non-hydrogen) atoms. The van der Waals surface area contributed by atoms with Crippen molar-refractivity contribution in [2.45, 2.75) is 20.3 Å². The van der Waals surface area contributed by atoms with Crippen LogP contribution in [0.5, 0.6) is 0 Å². The largest absolute Gasteiger partial charge is 0.463 e. The Bertz CT molecular complexity index is 1130. The highest BCUT2D eigenvalue weighted by Gasteiger charge is 2.35. The van der Waals surface area contributed by atoms with Crippen molar-refractivity contribution in [1.82, 2.24) is 5.01 Å². The quantitative estimate of drug-likeness (QED) is 0.822. The molecular formula is C19H16N4O3S. The Hall–Kier alpha value is -3.00. The van der Waals surface area contributed by atoms with E-state index in [9.17, 15) is 9.59 Å². The molecule has 1 aromatic carbocycles. The maximum Gasteiger partial charge on any atom is 0.283 e. The van der Waals surface area contributed by atoms with Gasteiger partial charge in [-0.2, -0.15) is 15.1 Å². The van der Waals surface area contributed by atoms with Gasteiger partial charge in [-0.1, -0.05) is 26.0 Å². The summed E-state index contributed by atoms with van der Waals surface area (Å²) in [5.74, 6) is -0.253. The average Bonchev–Trinajstić information content (AvgIpc) is 3.02. The van der Waals surface area contributed by atoms with Crippen molar-refractivity contribution in [2.75, 3.05) is 0 Å². The SMILES string of the molecule is CC(C)CC1=NN2C(=N)/C(=C\c3coc4ccccc4c3=O)C(=O)N=C2S1. The van der Waals surface area contributed by atoms with Crippen LogP contribution in [0.25, 0.3) is 17.0 Å². The van der Waals surface area contributed by atoms with Gasteiger partial charge in [0.1, 0.15) is 16.9 Å². The molecule has 2 aliphatic rings. The van der Waals surface area contributed by atoms with Gasteiger partial charge in [0.15, 0.2) is 11.3 Å². The van der Waals surface area contributed by atoms with Gasteiger partial charge >= 0.3 is 0 Å². The molecule has 2 aromatic rings. The summed E-state index contributed by atoms with van der Waals surface area (Å²) >= 11 is 1.30. The molecule has 0 unspecified atom stereocenters. The number of hydrazone groups is 1. The Morgan fingerprint density at radius 3 is 2.85 bits per heavy atom. The number of rotatable bonds is 3. The number of carbonyl (C=O) groups is 1. The fourth-order valence-electron chi connectivity index (χ4n) is 2.81. The number of benzene rings is 1. The summed E-state index contributed by atoms with van der Waals surface area (Å²) in [5, 5.41) is 15.7. The van der Waals surface area contributed by atoms with E-state index in [0.717, 1.165) is 11.5 Å². The number of amidine groups is 2. The monoisotopic (exact) mass is 380 g/mol. The molecule has 0 saturated carbocycles. The van der Waals surface area contributed by atoms with Crippen LogP contribution in [0.15, 0.2) is 55.4 Å². The summed E-state index contributed by atoms with van der Waals surface area (Å²) in [6, 6.07) is 6.88. The molecular weight excluding hydrogens is 364 g/mol. The van der Waals surface area contributed by atoms with Gasteiger partial charge in [-0.15, -0.1) is 0 Å². The standard InChI is InChI=1S/C19H16N4O3S/c1-10(2)7-15-22-23-17(20)13(18(25)21-19(23)27-15)8-11-9-26-14-6-4-3-5-12(14)16(11)24/h3-6,8-10,20H,7H2,1-2H3/b13-8+,20-17?. The summed E-state index contributed by atoms with van der Waals surface area (Å²) < 4.78 is 5.48. The first kappa shape index (κ1) is 17.4. The summed E-state index contributed by atoms with van der Waals surface area (Å²) in [6.07, 6.45) is 3.39. The van der Waals surface area contributed by atoms with Gasteiger partial charge < -0.3 is 4.42 Å². The number of nitrogens with one attached hydrogen (secondary N) is 1. The number of amides is 1. The molecule has 0 spiro atoms. The van der Waals surface area contributed by atoms with Crippen LogP contribution in [0, 0.1) is 11.3 Å². The van der Waals surface area contributed by atoms with Gasteiger partial charge in [0.05, 0.1) is 16.5 Å². The van der Waals surface area contributed by atoms with Crippen LogP contribution in [0.4, 0.5) is 0 Å². The molecule has 3 heterocycles. The summed E-state index contributed by atoms with van der Waals surface area (Å²) in [6.45, 7) is 4.14. The van der Waals surface area contributed by atoms with Gasteiger partial charge in [-0.05, 0) is 35.9 Å². The summed E-state index contributed by atoms with van der Waals surface area (Å²) in [7, 11) is 0. The van der Waals surface area contributed by atoms with Crippen molar-refractivity contribution in [3.05, 3.63) is 51.9 Å². The zero-order valence-corrected chi connectivity index (χ0v) is 15.5. The van der Waals surface area contributed by atoms with Crippen LogP contribution in [0.3, 0.4) is 0 Å². The fourth-order valence-corrected chi connectivity index (χ4v) is 3.91. The third-order valence-electron chi connectivity index (χ3n) is 4.09. The van der Waals surface area contributed by atoms with E-state index in [1.807, 2.05) is 0 Å². The zero-order valence-electron chi connectivity index (χ0n) is 14.7. The molecule has 4 rings (SSSR count). The average molecular weight is 380 g/mol. The van der Waals surface area contributed by atoms with Crippen molar-refractivity contribution in [3.8, 4) is 0 Å². The van der Waals surface area contributed by atoms with Crippen molar-refractivity contribution in [2.24, 2.45) is 16.0 Å². The number of fused-ring (bicyclic) bond motifs is 2. The first-order chi connectivity index (χ1) is 12.9. The van der Waals surface area contributed by atoms with E-state index in [0.29, 0.717) is 22.1 Å². The van der Waals surface area contributed by atoms with Gasteiger partial charge in [0, 0.05) is 6.42 Å². The van der Waals surface area contributed by atoms with Crippen molar-refractivity contribution in [1.29, 1.82) is 5.41 Å². The van der Waals surface area contributed by atoms with E-state index in [4.69, 9.17) is 9.83 Å². The van der Waals surface area contributed by atoms with Gasteiger partial charge in [-0.3, -0.25) is 15.0 Å². The Morgan fingerprint density at radius 2 is 2.07 bits per heavy atom. The molecule has 1 N–H and O–H groups in total. The summed E-state index contributed by atoms with van der Waals surface area (Å²) in [5.41, 5.74) is 0.406. The Labute approximate surface area is 159 Å². The van der Waals surface area contributed by atoms with Crippen molar-refractivity contribution in [3.63, 3.8) is 0 Å². The molecule has 0 atom stereocenters. The highest BCUT2D eigenvalue weighted by atomic mass is 32.2. The van der Waals surface area contributed by atoms with E-state index in [1.54, 1.807) is 24.3 Å². The predicted molar refractivity (Wildman–Crippen MR) is 107 cm³/mol. The normalized spacial score (nSPS) is 18.3. The first-order valence-electron chi connectivity index (χ1n) is 8.43. The van der Waals surface area contributed by atoms with Crippen LogP contribution in [-0.4, -0.2) is 27.0 Å². The van der Waals surface area contributed by atoms with Crippen molar-refractivity contribution < 1.29 is 9.21 Å². The third-order valence-corrected chi connectivity index (χ3v) is 5.02. The van der Waals surface area contributed by atoms with E-state index < -0.39 is 5.91 Å². The smallest absolute Gasteiger partial charge is 0.283 e. The minimum Gasteiger partial charge on any atom is -0.463 e. The molecule has 0 aliphatic carbocycles. The number of nitrogens with zero attached hydrogens (tertiary/aromatic N) is 3. The highest BCUT2D eigenvalue weighted by Crippen LogP contribution is 2.30. The molecule has 0 saturated heterocycles. The molecule has 0 fully saturated rings. The maximum absolute atomic E-state index is 12.6. The molecule has 0 radical (unpaired) electrons. The highest BCUT2D eigenvalue weighted by molar-refractivity contribution is 8.26. The van der Waals surface area contributed by atoms with Gasteiger partial charge in [-0.25, -0.2) is 0 Å². The molecule has 136 valence electrons. The number of hydrogen-bond acceptors (Lipinski definition) is 6. The van der Waals surface area contributed by atoms with Gasteiger partial charge in [0.2, 0.25) is 5.17 Å². The fraction of sp³-hybridized carbons (Fsp3) is 0.211. The molecule has 0 bridgehead atoms. The Balaban J connectivity index is 1.74.